The number of amides is 1. The van der Waals surface area contributed by atoms with Gasteiger partial charge in [-0.3, -0.25) is 4.79 Å². The molecular formula is C27H33F2N5O4S. The minimum atomic E-state index is -3.89. The first-order chi connectivity index (χ1) is 18.4. The lowest BCUT2D eigenvalue weighted by Crippen LogP contribution is -2.61. The Balaban J connectivity index is 1.14. The maximum Gasteiger partial charge on any atom is 0.270 e. The molecule has 12 heteroatoms. The van der Waals surface area contributed by atoms with Gasteiger partial charge in [-0.15, -0.1) is 0 Å². The summed E-state index contributed by atoms with van der Waals surface area (Å²) in [5, 5.41) is 14.0. The summed E-state index contributed by atoms with van der Waals surface area (Å²) < 4.78 is 52.7. The quantitative estimate of drug-likeness (QED) is 0.573. The van der Waals surface area contributed by atoms with Gasteiger partial charge in [-0.2, -0.15) is 0 Å². The lowest BCUT2D eigenvalue weighted by molar-refractivity contribution is -0.136. The number of aliphatic hydroxyl groups is 1. The Morgan fingerprint density at radius 1 is 1.13 bits per heavy atom. The molecule has 1 aromatic heterocycles. The molecule has 0 spiro atoms. The minimum absolute atomic E-state index is 0.000716. The van der Waals surface area contributed by atoms with Crippen LogP contribution in [0.2, 0.25) is 0 Å². The highest BCUT2D eigenvalue weighted by Gasteiger charge is 2.55. The number of nitrogens with zero attached hydrogens (tertiary/aromatic N) is 4. The smallest absolute Gasteiger partial charge is 0.270 e. The Morgan fingerprint density at radius 3 is 2.49 bits per heavy atom. The van der Waals surface area contributed by atoms with E-state index in [9.17, 15) is 27.1 Å². The molecule has 39 heavy (non-hydrogen) atoms. The molecule has 4 saturated carbocycles. The molecule has 2 unspecified atom stereocenters. The van der Waals surface area contributed by atoms with Gasteiger partial charge in [0, 0.05) is 50.2 Å². The van der Waals surface area contributed by atoms with E-state index in [0.29, 0.717) is 31.5 Å². The average Bonchev–Trinajstić information content (AvgIpc) is 2.85. The predicted octanol–water partition coefficient (Wildman–Crippen LogP) is 2.54. The van der Waals surface area contributed by atoms with Gasteiger partial charge >= 0.3 is 0 Å². The van der Waals surface area contributed by atoms with Crippen LogP contribution in [0.1, 0.15) is 49.5 Å². The van der Waals surface area contributed by atoms with Crippen LogP contribution in [0.4, 0.5) is 20.4 Å². The van der Waals surface area contributed by atoms with E-state index in [0.717, 1.165) is 50.5 Å². The number of anilines is 2. The van der Waals surface area contributed by atoms with Gasteiger partial charge in [0.1, 0.15) is 22.2 Å². The van der Waals surface area contributed by atoms with Crippen LogP contribution in [-0.4, -0.2) is 73.0 Å². The molecule has 5 aliphatic rings. The van der Waals surface area contributed by atoms with Crippen LogP contribution in [-0.2, 0) is 9.84 Å². The van der Waals surface area contributed by atoms with E-state index in [1.807, 2.05) is 11.8 Å². The Morgan fingerprint density at radius 2 is 1.85 bits per heavy atom. The van der Waals surface area contributed by atoms with Crippen LogP contribution in [0.3, 0.4) is 0 Å². The van der Waals surface area contributed by atoms with Gasteiger partial charge in [-0.1, -0.05) is 0 Å². The third-order valence-corrected chi connectivity index (χ3v) is 10.2. The lowest BCUT2D eigenvalue weighted by atomic mass is 9.52. The minimum Gasteiger partial charge on any atom is -0.390 e. The van der Waals surface area contributed by atoms with Crippen molar-refractivity contribution in [3.63, 3.8) is 0 Å². The van der Waals surface area contributed by atoms with Crippen molar-refractivity contribution in [2.24, 2.45) is 17.8 Å². The van der Waals surface area contributed by atoms with E-state index in [4.69, 9.17) is 0 Å². The third kappa shape index (κ3) is 4.86. The molecule has 3 atom stereocenters. The second-order valence-electron chi connectivity index (χ2n) is 11.9. The second-order valence-corrected chi connectivity index (χ2v) is 13.9. The van der Waals surface area contributed by atoms with E-state index >= 15 is 0 Å². The first-order valence-electron chi connectivity index (χ1n) is 13.5. The second kappa shape index (κ2) is 9.36. The average molecular weight is 562 g/mol. The zero-order chi connectivity index (χ0) is 27.7. The number of rotatable bonds is 5. The van der Waals surface area contributed by atoms with Gasteiger partial charge in [0.2, 0.25) is 5.95 Å². The molecule has 1 amide bonds. The Hall–Kier alpha value is -2.86. The molecule has 7 rings (SSSR count). The maximum absolute atomic E-state index is 14.8. The number of nitrogens with one attached hydrogen (secondary N) is 1. The summed E-state index contributed by atoms with van der Waals surface area (Å²) in [6.07, 6.45) is 6.84. The standard InChI is InChI=1S/C27H33F2N5O4S/c1-15-14-33(22-9-20(29)23(10-19(22)28)39(2,37)38)5-6-34(15)26-30-4-3-21(31-26)25(35)32-24-17-7-16-8-18(24)13-27(36,11-16)12-17/h3-4,9-10,15-18,24,36H,5-8,11-14H2,1-2H3,(H,32,35)/t15-,16?,17?,18?,24?,27?/m1/s1. The largest absolute Gasteiger partial charge is 0.390 e. The summed E-state index contributed by atoms with van der Waals surface area (Å²) in [4.78, 5) is 25.1. The molecule has 0 radical (unpaired) electrons. The Labute approximate surface area is 226 Å². The van der Waals surface area contributed by atoms with E-state index in [2.05, 4.69) is 15.3 Å². The highest BCUT2D eigenvalue weighted by atomic mass is 32.2. The number of hydrogen-bond acceptors (Lipinski definition) is 8. The summed E-state index contributed by atoms with van der Waals surface area (Å²) in [5.41, 5.74) is -0.296. The summed E-state index contributed by atoms with van der Waals surface area (Å²) in [7, 11) is -3.89. The summed E-state index contributed by atoms with van der Waals surface area (Å²) in [5.74, 6) is -0.531. The molecule has 1 saturated heterocycles. The molecule has 2 N–H and O–H groups in total. The number of aromatic nitrogens is 2. The van der Waals surface area contributed by atoms with E-state index in [1.165, 1.54) is 0 Å². The summed E-state index contributed by atoms with van der Waals surface area (Å²) in [6, 6.07) is 3.09. The summed E-state index contributed by atoms with van der Waals surface area (Å²) >= 11 is 0. The Kier molecular flexibility index (Phi) is 6.33. The highest BCUT2D eigenvalue weighted by molar-refractivity contribution is 7.90. The van der Waals surface area contributed by atoms with Crippen LogP contribution in [0, 0.1) is 29.4 Å². The molecule has 1 aliphatic heterocycles. The van der Waals surface area contributed by atoms with Gasteiger partial charge in [-0.05, 0) is 68.9 Å². The van der Waals surface area contributed by atoms with Crippen LogP contribution in [0.25, 0.3) is 0 Å². The van der Waals surface area contributed by atoms with Crippen molar-refractivity contribution in [2.45, 2.75) is 61.6 Å². The van der Waals surface area contributed by atoms with Crippen molar-refractivity contribution in [3.8, 4) is 0 Å². The normalized spacial score (nSPS) is 32.0. The van der Waals surface area contributed by atoms with Crippen LogP contribution >= 0.6 is 0 Å². The van der Waals surface area contributed by atoms with E-state index in [-0.39, 0.29) is 41.2 Å². The van der Waals surface area contributed by atoms with Crippen LogP contribution in [0.5, 0.6) is 0 Å². The first-order valence-corrected chi connectivity index (χ1v) is 15.4. The van der Waals surface area contributed by atoms with Gasteiger partial charge in [0.05, 0.1) is 11.3 Å². The molecule has 210 valence electrons. The van der Waals surface area contributed by atoms with Crippen molar-refractivity contribution >= 4 is 27.4 Å². The van der Waals surface area contributed by atoms with Gasteiger partial charge in [0.25, 0.3) is 5.91 Å². The lowest BCUT2D eigenvalue weighted by Gasteiger charge is -2.58. The zero-order valence-electron chi connectivity index (χ0n) is 22.0. The molecule has 1 aromatic carbocycles. The molecule has 2 heterocycles. The number of hydrogen-bond donors (Lipinski definition) is 2. The fourth-order valence-electron chi connectivity index (χ4n) is 7.57. The van der Waals surface area contributed by atoms with Crippen molar-refractivity contribution in [3.05, 3.63) is 41.7 Å². The van der Waals surface area contributed by atoms with Crippen molar-refractivity contribution in [1.82, 2.24) is 15.3 Å². The monoisotopic (exact) mass is 561 g/mol. The number of halogens is 2. The number of benzene rings is 1. The van der Waals surface area contributed by atoms with Gasteiger partial charge in [0.15, 0.2) is 9.84 Å². The highest BCUT2D eigenvalue weighted by Crippen LogP contribution is 2.55. The third-order valence-electron chi connectivity index (χ3n) is 9.04. The van der Waals surface area contributed by atoms with Crippen LogP contribution in [0.15, 0.2) is 29.3 Å². The number of carbonyl (C=O) groups is 1. The number of piperazine rings is 1. The fraction of sp³-hybridized carbons (Fsp3) is 0.593. The van der Waals surface area contributed by atoms with Gasteiger partial charge in [-0.25, -0.2) is 27.2 Å². The van der Waals surface area contributed by atoms with E-state index in [1.54, 1.807) is 17.2 Å². The fourth-order valence-corrected chi connectivity index (χ4v) is 8.30. The zero-order valence-corrected chi connectivity index (χ0v) is 22.8. The molecule has 5 fully saturated rings. The van der Waals surface area contributed by atoms with Crippen molar-refractivity contribution in [1.29, 1.82) is 0 Å². The van der Waals surface area contributed by atoms with Crippen molar-refractivity contribution in [2.75, 3.05) is 35.7 Å². The molecule has 4 aliphatic carbocycles. The summed E-state index contributed by atoms with van der Waals surface area (Å²) in [6.45, 7) is 2.95. The molecule has 4 bridgehead atoms. The topological polar surface area (TPSA) is 116 Å². The molecule has 2 aromatic rings. The number of sulfone groups is 1. The SMILES string of the molecule is C[C@@H]1CN(c2cc(F)c(S(C)(=O)=O)cc2F)CCN1c1nccc(C(=O)NC2C3CC4CC2CC(O)(C4)C3)n1. The van der Waals surface area contributed by atoms with Gasteiger partial charge < -0.3 is 20.2 Å². The molecule has 9 nitrogen and oxygen atoms in total. The first kappa shape index (κ1) is 26.4. The molecular weight excluding hydrogens is 528 g/mol. The van der Waals surface area contributed by atoms with E-state index < -0.39 is 32.0 Å². The van der Waals surface area contributed by atoms with Crippen molar-refractivity contribution < 1.29 is 27.1 Å². The Bertz CT molecular complexity index is 1410. The maximum atomic E-state index is 14.8. The van der Waals surface area contributed by atoms with Crippen LogP contribution < -0.4 is 15.1 Å². The predicted molar refractivity (Wildman–Crippen MR) is 140 cm³/mol. The number of carbonyl (C=O) groups excluding carboxylic acids is 1.